The van der Waals surface area contributed by atoms with Gasteiger partial charge in [-0.2, -0.15) is 0 Å². The molecule has 0 aliphatic heterocycles. The van der Waals surface area contributed by atoms with Crippen molar-refractivity contribution in [2.24, 2.45) is 5.73 Å². The number of carbonyl (C=O) groups excluding carboxylic acids is 3. The Morgan fingerprint density at radius 3 is 2.06 bits per heavy atom. The fraction of sp³-hybridized carbons (Fsp3) is 0.192. The summed E-state index contributed by atoms with van der Waals surface area (Å²) in [6.45, 7) is 0.277. The summed E-state index contributed by atoms with van der Waals surface area (Å²) >= 11 is 0. The van der Waals surface area contributed by atoms with Crippen molar-refractivity contribution < 1.29 is 23.9 Å². The standard InChI is InChI=1S/C26H27N3O5/c27-24(30)15-16-33-22-13-11-21(12-14-22)28-25(31)23(17-19-7-3-1-4-8-19)29-26(32)34-18-20-9-5-2-6-10-20/h1-14,23H,15-18H2,(H2,27,30)(H,28,31)(H,29,32)/t23-/m0/s1. The number of benzene rings is 3. The molecule has 0 aliphatic rings. The summed E-state index contributed by atoms with van der Waals surface area (Å²) in [7, 11) is 0. The Bertz CT molecular complexity index is 1070. The van der Waals surface area contributed by atoms with E-state index in [1.54, 1.807) is 24.3 Å². The van der Waals surface area contributed by atoms with Gasteiger partial charge in [-0.05, 0) is 35.4 Å². The number of carbonyl (C=O) groups is 3. The van der Waals surface area contributed by atoms with Gasteiger partial charge in [0.25, 0.3) is 0 Å². The van der Waals surface area contributed by atoms with Crippen molar-refractivity contribution in [2.45, 2.75) is 25.5 Å². The van der Waals surface area contributed by atoms with Gasteiger partial charge in [0.1, 0.15) is 18.4 Å². The van der Waals surface area contributed by atoms with Crippen molar-refractivity contribution in [3.8, 4) is 5.75 Å². The molecule has 176 valence electrons. The van der Waals surface area contributed by atoms with Crippen LogP contribution in [-0.4, -0.2) is 30.6 Å². The topological polar surface area (TPSA) is 120 Å². The largest absolute Gasteiger partial charge is 0.493 e. The first-order valence-corrected chi connectivity index (χ1v) is 10.8. The molecule has 0 radical (unpaired) electrons. The SMILES string of the molecule is NC(=O)CCOc1ccc(NC(=O)[C@H](Cc2ccccc2)NC(=O)OCc2ccccc2)cc1. The van der Waals surface area contributed by atoms with Crippen LogP contribution in [0.4, 0.5) is 10.5 Å². The molecule has 0 unspecified atom stereocenters. The van der Waals surface area contributed by atoms with Crippen LogP contribution in [0.1, 0.15) is 17.5 Å². The molecule has 8 nitrogen and oxygen atoms in total. The van der Waals surface area contributed by atoms with E-state index >= 15 is 0 Å². The van der Waals surface area contributed by atoms with Crippen molar-refractivity contribution in [3.05, 3.63) is 96.1 Å². The highest BCUT2D eigenvalue weighted by molar-refractivity contribution is 5.96. The molecule has 0 saturated heterocycles. The Balaban J connectivity index is 1.60. The maximum atomic E-state index is 13.0. The molecule has 4 N–H and O–H groups in total. The van der Waals surface area contributed by atoms with Gasteiger partial charge in [0.15, 0.2) is 0 Å². The lowest BCUT2D eigenvalue weighted by Gasteiger charge is -2.19. The minimum absolute atomic E-state index is 0.101. The predicted octanol–water partition coefficient (Wildman–Crippen LogP) is 3.42. The average Bonchev–Trinajstić information content (AvgIpc) is 2.84. The molecule has 0 heterocycles. The highest BCUT2D eigenvalue weighted by atomic mass is 16.5. The fourth-order valence-electron chi connectivity index (χ4n) is 3.10. The van der Waals surface area contributed by atoms with Gasteiger partial charge in [-0.1, -0.05) is 60.7 Å². The number of rotatable bonds is 11. The monoisotopic (exact) mass is 461 g/mol. The number of amides is 3. The zero-order valence-electron chi connectivity index (χ0n) is 18.6. The Morgan fingerprint density at radius 1 is 0.824 bits per heavy atom. The molecule has 0 aromatic heterocycles. The van der Waals surface area contributed by atoms with E-state index in [0.717, 1.165) is 11.1 Å². The maximum absolute atomic E-state index is 13.0. The molecule has 1 atom stereocenters. The Kier molecular flexibility index (Phi) is 9.04. The van der Waals surface area contributed by atoms with E-state index in [2.05, 4.69) is 10.6 Å². The van der Waals surface area contributed by atoms with Crippen LogP contribution < -0.4 is 21.1 Å². The number of ether oxygens (including phenoxy) is 2. The number of nitrogens with two attached hydrogens (primary N) is 1. The van der Waals surface area contributed by atoms with Crippen molar-refractivity contribution in [1.29, 1.82) is 0 Å². The summed E-state index contributed by atoms with van der Waals surface area (Å²) in [5.41, 5.74) is 7.37. The quantitative estimate of drug-likeness (QED) is 0.404. The molecule has 0 aliphatic carbocycles. The molecule has 0 saturated carbocycles. The van der Waals surface area contributed by atoms with Crippen molar-refractivity contribution in [3.63, 3.8) is 0 Å². The molecule has 3 aromatic carbocycles. The minimum atomic E-state index is -0.850. The average molecular weight is 462 g/mol. The van der Waals surface area contributed by atoms with Gasteiger partial charge in [-0.15, -0.1) is 0 Å². The van der Waals surface area contributed by atoms with Crippen molar-refractivity contribution in [1.82, 2.24) is 5.32 Å². The van der Waals surface area contributed by atoms with E-state index in [4.69, 9.17) is 15.2 Å². The molecule has 0 fully saturated rings. The first kappa shape index (κ1) is 24.3. The number of hydrogen-bond acceptors (Lipinski definition) is 5. The second-order valence-corrected chi connectivity index (χ2v) is 7.53. The lowest BCUT2D eigenvalue weighted by atomic mass is 10.1. The smallest absolute Gasteiger partial charge is 0.408 e. The van der Waals surface area contributed by atoms with Gasteiger partial charge in [0.05, 0.1) is 13.0 Å². The molecular formula is C26H27N3O5. The zero-order valence-corrected chi connectivity index (χ0v) is 18.6. The van der Waals surface area contributed by atoms with Crippen LogP contribution in [-0.2, 0) is 27.4 Å². The first-order valence-electron chi connectivity index (χ1n) is 10.8. The van der Waals surface area contributed by atoms with E-state index < -0.39 is 18.0 Å². The van der Waals surface area contributed by atoms with Crippen LogP contribution >= 0.6 is 0 Å². The highest BCUT2D eigenvalue weighted by Crippen LogP contribution is 2.17. The van der Waals surface area contributed by atoms with Crippen molar-refractivity contribution in [2.75, 3.05) is 11.9 Å². The number of anilines is 1. The summed E-state index contributed by atoms with van der Waals surface area (Å²) in [5, 5.41) is 5.47. The number of primary amides is 1. The van der Waals surface area contributed by atoms with E-state index in [9.17, 15) is 14.4 Å². The molecule has 0 bridgehead atoms. The third-order valence-electron chi connectivity index (χ3n) is 4.84. The third kappa shape index (κ3) is 8.31. The fourth-order valence-corrected chi connectivity index (χ4v) is 3.10. The minimum Gasteiger partial charge on any atom is -0.493 e. The summed E-state index contributed by atoms with van der Waals surface area (Å²) in [5.74, 6) is -0.284. The number of alkyl carbamates (subject to hydrolysis) is 1. The van der Waals surface area contributed by atoms with E-state index in [0.29, 0.717) is 17.9 Å². The second kappa shape index (κ2) is 12.6. The highest BCUT2D eigenvalue weighted by Gasteiger charge is 2.22. The van der Waals surface area contributed by atoms with Gasteiger partial charge < -0.3 is 25.8 Å². The Morgan fingerprint density at radius 2 is 1.44 bits per heavy atom. The van der Waals surface area contributed by atoms with Crippen LogP contribution in [0.3, 0.4) is 0 Å². The summed E-state index contributed by atoms with van der Waals surface area (Å²) in [6, 6.07) is 24.5. The van der Waals surface area contributed by atoms with Crippen LogP contribution in [0, 0.1) is 0 Å². The Labute approximate surface area is 198 Å². The van der Waals surface area contributed by atoms with E-state index in [-0.39, 0.29) is 25.5 Å². The van der Waals surface area contributed by atoms with Gasteiger partial charge in [-0.3, -0.25) is 9.59 Å². The van der Waals surface area contributed by atoms with Gasteiger partial charge in [0.2, 0.25) is 11.8 Å². The lowest BCUT2D eigenvalue weighted by Crippen LogP contribution is -2.45. The molecule has 0 spiro atoms. The molecule has 3 amide bonds. The van der Waals surface area contributed by atoms with Gasteiger partial charge >= 0.3 is 6.09 Å². The number of nitrogens with one attached hydrogen (secondary N) is 2. The molecule has 34 heavy (non-hydrogen) atoms. The normalized spacial score (nSPS) is 11.2. The van der Waals surface area contributed by atoms with Gasteiger partial charge in [0, 0.05) is 12.1 Å². The Hall–Kier alpha value is -4.33. The summed E-state index contributed by atoms with van der Waals surface area (Å²) in [6.07, 6.45) is -0.272. The first-order chi connectivity index (χ1) is 16.5. The van der Waals surface area contributed by atoms with Crippen molar-refractivity contribution >= 4 is 23.6 Å². The maximum Gasteiger partial charge on any atom is 0.408 e. The van der Waals surface area contributed by atoms with Gasteiger partial charge in [-0.25, -0.2) is 4.79 Å². The summed E-state index contributed by atoms with van der Waals surface area (Å²) < 4.78 is 10.7. The second-order valence-electron chi connectivity index (χ2n) is 7.53. The summed E-state index contributed by atoms with van der Waals surface area (Å²) in [4.78, 5) is 36.2. The van der Waals surface area contributed by atoms with Crippen LogP contribution in [0.2, 0.25) is 0 Å². The van der Waals surface area contributed by atoms with Crippen LogP contribution in [0.25, 0.3) is 0 Å². The molecule has 3 rings (SSSR count). The van der Waals surface area contributed by atoms with Crippen LogP contribution in [0.5, 0.6) is 5.75 Å². The van der Waals surface area contributed by atoms with Crippen LogP contribution in [0.15, 0.2) is 84.9 Å². The third-order valence-corrected chi connectivity index (χ3v) is 4.84. The lowest BCUT2D eigenvalue weighted by molar-refractivity contribution is -0.119. The molecule has 3 aromatic rings. The zero-order chi connectivity index (χ0) is 24.2. The predicted molar refractivity (Wildman–Crippen MR) is 128 cm³/mol. The van der Waals surface area contributed by atoms with E-state index in [1.165, 1.54) is 0 Å². The number of hydrogen-bond donors (Lipinski definition) is 3. The molecular weight excluding hydrogens is 434 g/mol. The molecule has 8 heteroatoms. The van der Waals surface area contributed by atoms with E-state index in [1.807, 2.05) is 60.7 Å².